The summed E-state index contributed by atoms with van der Waals surface area (Å²) in [7, 11) is 0. The van der Waals surface area contributed by atoms with Gasteiger partial charge in [0.1, 0.15) is 0 Å². The molecule has 0 radical (unpaired) electrons. The molecule has 94 valence electrons. The highest BCUT2D eigenvalue weighted by molar-refractivity contribution is 5.84. The zero-order chi connectivity index (χ0) is 12.9. The van der Waals surface area contributed by atoms with Crippen LogP contribution in [-0.2, 0) is 9.59 Å². The zero-order valence-electron chi connectivity index (χ0n) is 10.9. The van der Waals surface area contributed by atoms with Crippen LogP contribution in [0.15, 0.2) is 0 Å². The minimum absolute atomic E-state index is 0.0653. The van der Waals surface area contributed by atoms with E-state index in [0.717, 1.165) is 0 Å². The number of aliphatic carboxylic acids is 1. The Labute approximate surface area is 97.6 Å². The summed E-state index contributed by atoms with van der Waals surface area (Å²) < 4.78 is 0. The molecule has 0 rings (SSSR count). The molecule has 0 spiro atoms. The predicted molar refractivity (Wildman–Crippen MR) is 63.1 cm³/mol. The van der Waals surface area contributed by atoms with E-state index in [1.54, 1.807) is 11.8 Å². The monoisotopic (exact) mass is 229 g/mol. The highest BCUT2D eigenvalue weighted by Crippen LogP contribution is 2.32. The Hall–Kier alpha value is -1.06. The molecule has 0 heterocycles. The minimum Gasteiger partial charge on any atom is -0.481 e. The van der Waals surface area contributed by atoms with Crippen LogP contribution in [0.25, 0.3) is 0 Å². The van der Waals surface area contributed by atoms with E-state index in [4.69, 9.17) is 0 Å². The van der Waals surface area contributed by atoms with Gasteiger partial charge in [-0.3, -0.25) is 9.59 Å². The van der Waals surface area contributed by atoms with Gasteiger partial charge in [-0.2, -0.15) is 0 Å². The number of hydrogen-bond donors (Lipinski definition) is 1. The smallest absolute Gasteiger partial charge is 0.310 e. The van der Waals surface area contributed by atoms with Crippen LogP contribution < -0.4 is 0 Å². The average molecular weight is 229 g/mol. The van der Waals surface area contributed by atoms with Crippen molar-refractivity contribution < 1.29 is 14.7 Å². The van der Waals surface area contributed by atoms with E-state index in [0.29, 0.717) is 13.1 Å². The lowest BCUT2D eigenvalue weighted by molar-refractivity contribution is -0.155. The number of carbonyl (C=O) groups excluding carboxylic acids is 1. The van der Waals surface area contributed by atoms with E-state index in [-0.39, 0.29) is 18.2 Å². The van der Waals surface area contributed by atoms with Gasteiger partial charge >= 0.3 is 5.97 Å². The molecular formula is C12H23NO3. The lowest BCUT2D eigenvalue weighted by Crippen LogP contribution is -2.41. The lowest BCUT2D eigenvalue weighted by atomic mass is 9.76. The van der Waals surface area contributed by atoms with Gasteiger partial charge in [-0.05, 0) is 26.7 Å². The summed E-state index contributed by atoms with van der Waals surface area (Å²) in [6, 6.07) is 0. The van der Waals surface area contributed by atoms with E-state index in [1.165, 1.54) is 0 Å². The highest BCUT2D eigenvalue weighted by Gasteiger charge is 2.39. The van der Waals surface area contributed by atoms with Gasteiger partial charge in [-0.15, -0.1) is 0 Å². The molecule has 0 aromatic rings. The van der Waals surface area contributed by atoms with Gasteiger partial charge < -0.3 is 10.0 Å². The van der Waals surface area contributed by atoms with E-state index in [1.807, 2.05) is 27.7 Å². The van der Waals surface area contributed by atoms with Crippen molar-refractivity contribution in [3.8, 4) is 0 Å². The number of rotatable bonds is 6. The Balaban J connectivity index is 4.78. The van der Waals surface area contributed by atoms with Crippen LogP contribution in [0, 0.1) is 11.3 Å². The Morgan fingerprint density at radius 1 is 1.25 bits per heavy atom. The molecule has 4 nitrogen and oxygen atoms in total. The number of carbonyl (C=O) groups is 2. The molecule has 0 aromatic heterocycles. The first-order valence-electron chi connectivity index (χ1n) is 5.80. The van der Waals surface area contributed by atoms with Crippen molar-refractivity contribution in [1.82, 2.24) is 4.90 Å². The lowest BCUT2D eigenvalue weighted by Gasteiger charge is -2.30. The van der Waals surface area contributed by atoms with E-state index < -0.39 is 11.4 Å². The molecule has 1 atom stereocenters. The molecule has 1 N–H and O–H groups in total. The van der Waals surface area contributed by atoms with Crippen molar-refractivity contribution in [2.75, 3.05) is 13.1 Å². The molecule has 0 aliphatic heterocycles. The molecule has 0 fully saturated rings. The maximum absolute atomic E-state index is 11.9. The summed E-state index contributed by atoms with van der Waals surface area (Å²) in [5.74, 6) is -1.05. The number of amides is 1. The minimum atomic E-state index is -0.973. The third-order valence-corrected chi connectivity index (χ3v) is 3.40. The van der Waals surface area contributed by atoms with Crippen molar-refractivity contribution >= 4 is 11.9 Å². The van der Waals surface area contributed by atoms with E-state index in [9.17, 15) is 14.7 Å². The fraction of sp³-hybridized carbons (Fsp3) is 0.833. The zero-order valence-corrected chi connectivity index (χ0v) is 10.9. The third-order valence-electron chi connectivity index (χ3n) is 3.40. The predicted octanol–water partition coefficient (Wildman–Crippen LogP) is 1.99. The van der Waals surface area contributed by atoms with Gasteiger partial charge in [0.2, 0.25) is 5.91 Å². The van der Waals surface area contributed by atoms with Gasteiger partial charge in [-0.1, -0.05) is 13.8 Å². The van der Waals surface area contributed by atoms with E-state index in [2.05, 4.69) is 0 Å². The maximum atomic E-state index is 11.9. The number of nitrogens with zero attached hydrogens (tertiary/aromatic N) is 1. The Morgan fingerprint density at radius 2 is 1.69 bits per heavy atom. The Kier molecular flexibility index (Phi) is 5.48. The Morgan fingerprint density at radius 3 is 1.94 bits per heavy atom. The van der Waals surface area contributed by atoms with Crippen LogP contribution in [0.4, 0.5) is 0 Å². The van der Waals surface area contributed by atoms with Gasteiger partial charge in [0.15, 0.2) is 0 Å². The summed E-state index contributed by atoms with van der Waals surface area (Å²) in [6.45, 7) is 10.4. The van der Waals surface area contributed by atoms with Crippen LogP contribution in [0.5, 0.6) is 0 Å². The Bertz CT molecular complexity index is 259. The summed E-state index contributed by atoms with van der Waals surface area (Å²) in [5, 5.41) is 9.21. The SMILES string of the molecule is CCN(CC)C(=O)CC(C)(C(=O)O)C(C)C. The van der Waals surface area contributed by atoms with Gasteiger partial charge in [-0.25, -0.2) is 0 Å². The molecule has 4 heteroatoms. The fourth-order valence-electron chi connectivity index (χ4n) is 1.53. The van der Waals surface area contributed by atoms with Crippen LogP contribution in [-0.4, -0.2) is 35.0 Å². The molecule has 0 aliphatic carbocycles. The number of carboxylic acids is 1. The average Bonchev–Trinajstić information content (AvgIpc) is 2.18. The second-order valence-electron chi connectivity index (χ2n) is 4.62. The standard InChI is InChI=1S/C12H23NO3/c1-6-13(7-2)10(14)8-12(5,9(3)4)11(15)16/h9H,6-8H2,1-5H3,(H,15,16). The van der Waals surface area contributed by atoms with Crippen molar-refractivity contribution in [3.05, 3.63) is 0 Å². The largest absolute Gasteiger partial charge is 0.481 e. The van der Waals surface area contributed by atoms with E-state index >= 15 is 0 Å². The first kappa shape index (κ1) is 14.9. The molecule has 16 heavy (non-hydrogen) atoms. The molecule has 1 unspecified atom stereocenters. The van der Waals surface area contributed by atoms with Gasteiger partial charge in [0.05, 0.1) is 5.41 Å². The second-order valence-corrected chi connectivity index (χ2v) is 4.62. The highest BCUT2D eigenvalue weighted by atomic mass is 16.4. The molecule has 1 amide bonds. The summed E-state index contributed by atoms with van der Waals surface area (Å²) in [6.07, 6.45) is 0.0711. The quantitative estimate of drug-likeness (QED) is 0.757. The third kappa shape index (κ3) is 3.22. The summed E-state index contributed by atoms with van der Waals surface area (Å²) in [4.78, 5) is 24.8. The van der Waals surface area contributed by atoms with Crippen LogP contribution in [0.3, 0.4) is 0 Å². The fourth-order valence-corrected chi connectivity index (χ4v) is 1.53. The number of hydrogen-bond acceptors (Lipinski definition) is 2. The molecular weight excluding hydrogens is 206 g/mol. The molecule has 0 saturated carbocycles. The van der Waals surface area contributed by atoms with Crippen molar-refractivity contribution in [1.29, 1.82) is 0 Å². The van der Waals surface area contributed by atoms with Crippen LogP contribution in [0.1, 0.15) is 41.0 Å². The normalized spacial score (nSPS) is 14.6. The van der Waals surface area contributed by atoms with Gasteiger partial charge in [0, 0.05) is 19.5 Å². The maximum Gasteiger partial charge on any atom is 0.310 e. The second kappa shape index (κ2) is 5.87. The summed E-state index contributed by atoms with van der Waals surface area (Å²) in [5.41, 5.74) is -0.973. The molecule has 0 aromatic carbocycles. The summed E-state index contributed by atoms with van der Waals surface area (Å²) >= 11 is 0. The molecule has 0 bridgehead atoms. The molecule has 0 saturated heterocycles. The first-order chi connectivity index (χ1) is 7.29. The molecule has 0 aliphatic rings. The van der Waals surface area contributed by atoms with Crippen molar-refractivity contribution in [2.24, 2.45) is 11.3 Å². The first-order valence-corrected chi connectivity index (χ1v) is 5.80. The van der Waals surface area contributed by atoms with Crippen LogP contribution in [0.2, 0.25) is 0 Å². The van der Waals surface area contributed by atoms with Crippen molar-refractivity contribution in [3.63, 3.8) is 0 Å². The van der Waals surface area contributed by atoms with Crippen molar-refractivity contribution in [2.45, 2.75) is 41.0 Å². The number of carboxylic acid groups (broad SMARTS) is 1. The topological polar surface area (TPSA) is 57.6 Å². The van der Waals surface area contributed by atoms with Crippen LogP contribution >= 0.6 is 0 Å². The van der Waals surface area contributed by atoms with Gasteiger partial charge in [0.25, 0.3) is 0 Å².